The quantitative estimate of drug-likeness (QED) is 0.888. The lowest BCUT2D eigenvalue weighted by Crippen LogP contribution is -2.57. The van der Waals surface area contributed by atoms with Crippen molar-refractivity contribution in [3.8, 4) is 5.75 Å². The van der Waals surface area contributed by atoms with E-state index in [0.717, 1.165) is 29.7 Å². The zero-order chi connectivity index (χ0) is 14.4. The fourth-order valence-electron chi connectivity index (χ4n) is 3.46. The Bertz CT molecular complexity index is 691. The molecule has 6 heteroatoms. The first-order valence-electron chi connectivity index (χ1n) is 7.32. The molecule has 1 aromatic heterocycles. The first-order valence-corrected chi connectivity index (χ1v) is 8.09. The lowest BCUT2D eigenvalue weighted by Gasteiger charge is -2.44. The number of rotatable bonds is 2. The Morgan fingerprint density at radius 3 is 2.90 bits per heavy atom. The number of piperidine rings is 3. The number of benzene rings is 1. The summed E-state index contributed by atoms with van der Waals surface area (Å²) in [5.74, 6) is 0.717. The van der Waals surface area contributed by atoms with Crippen LogP contribution in [0.5, 0.6) is 5.75 Å². The highest BCUT2D eigenvalue weighted by atomic mass is 32.1. The van der Waals surface area contributed by atoms with Gasteiger partial charge >= 0.3 is 0 Å². The van der Waals surface area contributed by atoms with Crippen LogP contribution >= 0.6 is 11.5 Å². The minimum absolute atomic E-state index is 0.0920. The van der Waals surface area contributed by atoms with Crippen molar-refractivity contribution in [1.82, 2.24) is 14.6 Å². The zero-order valence-corrected chi connectivity index (χ0v) is 12.4. The van der Waals surface area contributed by atoms with E-state index in [-0.39, 0.29) is 17.7 Å². The van der Waals surface area contributed by atoms with Gasteiger partial charge in [0.2, 0.25) is 0 Å². The number of fused-ring (bicyclic) bond motifs is 4. The number of phenolic OH excluding ortho intramolecular Hbond substituents is 1. The Labute approximate surface area is 126 Å². The summed E-state index contributed by atoms with van der Waals surface area (Å²) in [5, 5.41) is 13.5. The fraction of sp³-hybridized carbons (Fsp3) is 0.467. The third-order valence-electron chi connectivity index (χ3n) is 4.64. The molecule has 3 fully saturated rings. The molecule has 2 aromatic rings. The van der Waals surface area contributed by atoms with Gasteiger partial charge in [-0.2, -0.15) is 4.37 Å². The van der Waals surface area contributed by atoms with E-state index >= 15 is 0 Å². The summed E-state index contributed by atoms with van der Waals surface area (Å²) < 4.78 is 5.11. The minimum atomic E-state index is -0.0920. The maximum atomic E-state index is 12.5. The van der Waals surface area contributed by atoms with Gasteiger partial charge in [0.25, 0.3) is 5.91 Å². The molecule has 4 heterocycles. The zero-order valence-electron chi connectivity index (χ0n) is 11.6. The normalized spacial score (nSPS) is 27.9. The maximum Gasteiger partial charge on any atom is 0.271 e. The van der Waals surface area contributed by atoms with Crippen molar-refractivity contribution in [2.45, 2.75) is 18.9 Å². The molecule has 2 bridgehead atoms. The van der Waals surface area contributed by atoms with Gasteiger partial charge in [-0.25, -0.2) is 0 Å². The lowest BCUT2D eigenvalue weighted by molar-refractivity contribution is 0.0619. The number of nitrogens with one attached hydrogen (secondary N) is 1. The SMILES string of the molecule is O=C(N[C@H]1CN2CCC1CC2)c1nsc2cc(O)ccc12. The average Bonchev–Trinajstić information content (AvgIpc) is 2.91. The van der Waals surface area contributed by atoms with E-state index in [1.165, 1.54) is 24.4 Å². The first kappa shape index (κ1) is 13.0. The number of hydrogen-bond donors (Lipinski definition) is 2. The van der Waals surface area contributed by atoms with Crippen LogP contribution < -0.4 is 5.32 Å². The molecule has 0 radical (unpaired) electrons. The number of carbonyl (C=O) groups is 1. The Hall–Kier alpha value is -1.66. The van der Waals surface area contributed by atoms with Crippen LogP contribution in [0.1, 0.15) is 23.3 Å². The fourth-order valence-corrected chi connectivity index (χ4v) is 4.26. The average molecular weight is 303 g/mol. The molecule has 3 aliphatic rings. The topological polar surface area (TPSA) is 65.5 Å². The molecule has 1 atom stereocenters. The van der Waals surface area contributed by atoms with Gasteiger partial charge in [-0.3, -0.25) is 4.79 Å². The molecular formula is C15H17N3O2S. The monoisotopic (exact) mass is 303 g/mol. The van der Waals surface area contributed by atoms with Crippen LogP contribution in [0.2, 0.25) is 0 Å². The molecule has 1 amide bonds. The summed E-state index contributed by atoms with van der Waals surface area (Å²) in [5.41, 5.74) is 0.478. The number of aromatic nitrogens is 1. The molecule has 3 saturated heterocycles. The number of hydrogen-bond acceptors (Lipinski definition) is 5. The van der Waals surface area contributed by atoms with Crippen LogP contribution in [0, 0.1) is 5.92 Å². The maximum absolute atomic E-state index is 12.5. The van der Waals surface area contributed by atoms with Gasteiger partial charge in [0, 0.05) is 18.0 Å². The van der Waals surface area contributed by atoms with E-state index in [1.807, 2.05) is 0 Å². The predicted molar refractivity (Wildman–Crippen MR) is 81.7 cm³/mol. The highest BCUT2D eigenvalue weighted by molar-refractivity contribution is 7.13. The summed E-state index contributed by atoms with van der Waals surface area (Å²) in [6.07, 6.45) is 2.35. The number of amides is 1. The molecule has 3 aliphatic heterocycles. The molecule has 110 valence electrons. The van der Waals surface area contributed by atoms with Gasteiger partial charge in [0.15, 0.2) is 0 Å². The van der Waals surface area contributed by atoms with Gasteiger partial charge in [0.05, 0.1) is 4.70 Å². The van der Waals surface area contributed by atoms with Crippen molar-refractivity contribution in [3.05, 3.63) is 23.9 Å². The van der Waals surface area contributed by atoms with E-state index in [4.69, 9.17) is 0 Å². The van der Waals surface area contributed by atoms with Crippen LogP contribution in [-0.4, -0.2) is 46.0 Å². The second-order valence-electron chi connectivity index (χ2n) is 5.93. The van der Waals surface area contributed by atoms with Gasteiger partial charge < -0.3 is 15.3 Å². The van der Waals surface area contributed by atoms with Crippen molar-refractivity contribution < 1.29 is 9.90 Å². The predicted octanol–water partition coefficient (Wildman–Crippen LogP) is 1.83. The summed E-state index contributed by atoms with van der Waals surface area (Å²) in [6.45, 7) is 3.28. The van der Waals surface area contributed by atoms with Crippen LogP contribution in [0.15, 0.2) is 18.2 Å². The van der Waals surface area contributed by atoms with Crippen LogP contribution in [0.4, 0.5) is 0 Å². The number of aromatic hydroxyl groups is 1. The van der Waals surface area contributed by atoms with Gasteiger partial charge in [-0.1, -0.05) is 0 Å². The number of phenols is 1. The second-order valence-corrected chi connectivity index (χ2v) is 6.73. The molecular weight excluding hydrogens is 286 g/mol. The molecule has 1 aromatic carbocycles. The Kier molecular flexibility index (Phi) is 3.08. The van der Waals surface area contributed by atoms with Gasteiger partial charge in [-0.05, 0) is 61.6 Å². The Balaban J connectivity index is 1.56. The largest absolute Gasteiger partial charge is 0.508 e. The van der Waals surface area contributed by atoms with Crippen LogP contribution in [0.3, 0.4) is 0 Å². The summed E-state index contributed by atoms with van der Waals surface area (Å²) >= 11 is 1.25. The molecule has 5 nitrogen and oxygen atoms in total. The second kappa shape index (κ2) is 4.96. The number of nitrogens with zero attached hydrogens (tertiary/aromatic N) is 2. The van der Waals surface area contributed by atoms with Crippen LogP contribution in [0.25, 0.3) is 10.1 Å². The van der Waals surface area contributed by atoms with Crippen molar-refractivity contribution in [2.75, 3.05) is 19.6 Å². The lowest BCUT2D eigenvalue weighted by atomic mass is 9.84. The first-order chi connectivity index (χ1) is 10.2. The third kappa shape index (κ3) is 2.28. The van der Waals surface area contributed by atoms with E-state index in [0.29, 0.717) is 11.6 Å². The van der Waals surface area contributed by atoms with Crippen molar-refractivity contribution >= 4 is 27.5 Å². The number of carbonyl (C=O) groups excluding carboxylic acids is 1. The third-order valence-corrected chi connectivity index (χ3v) is 5.45. The van der Waals surface area contributed by atoms with E-state index in [1.54, 1.807) is 18.2 Å². The van der Waals surface area contributed by atoms with Gasteiger partial charge in [0.1, 0.15) is 11.4 Å². The van der Waals surface area contributed by atoms with E-state index < -0.39 is 0 Å². The summed E-state index contributed by atoms with van der Waals surface area (Å²) in [7, 11) is 0. The molecule has 0 saturated carbocycles. The Morgan fingerprint density at radius 1 is 1.38 bits per heavy atom. The molecule has 0 unspecified atom stereocenters. The van der Waals surface area contributed by atoms with E-state index in [9.17, 15) is 9.90 Å². The minimum Gasteiger partial charge on any atom is -0.508 e. The van der Waals surface area contributed by atoms with Crippen molar-refractivity contribution in [3.63, 3.8) is 0 Å². The molecule has 0 aliphatic carbocycles. The van der Waals surface area contributed by atoms with Crippen molar-refractivity contribution in [1.29, 1.82) is 0 Å². The summed E-state index contributed by atoms with van der Waals surface area (Å²) in [4.78, 5) is 14.9. The highest BCUT2D eigenvalue weighted by Crippen LogP contribution is 2.29. The standard InChI is InChI=1S/C15H17N3O2S/c19-10-1-2-11-13(7-10)21-17-14(11)15(20)16-12-8-18-5-3-9(12)4-6-18/h1-2,7,9,12,19H,3-6,8H2,(H,16,20)/t12-/m0/s1. The van der Waals surface area contributed by atoms with Gasteiger partial charge in [-0.15, -0.1) is 0 Å². The molecule has 2 N–H and O–H groups in total. The molecule has 21 heavy (non-hydrogen) atoms. The van der Waals surface area contributed by atoms with Crippen molar-refractivity contribution in [2.24, 2.45) is 5.92 Å². The summed E-state index contributed by atoms with van der Waals surface area (Å²) in [6, 6.07) is 5.26. The van der Waals surface area contributed by atoms with E-state index in [2.05, 4.69) is 14.6 Å². The Morgan fingerprint density at radius 2 is 2.19 bits per heavy atom. The van der Waals surface area contributed by atoms with Crippen LogP contribution in [-0.2, 0) is 0 Å². The smallest absolute Gasteiger partial charge is 0.271 e. The molecule has 5 rings (SSSR count). The highest BCUT2D eigenvalue weighted by Gasteiger charge is 2.35. The molecule has 0 spiro atoms.